The molecule has 0 spiro atoms. The van der Waals surface area contributed by atoms with E-state index in [2.05, 4.69) is 10.3 Å². The Labute approximate surface area is 107 Å². The second-order valence-corrected chi connectivity index (χ2v) is 5.72. The molecule has 0 saturated heterocycles. The van der Waals surface area contributed by atoms with Gasteiger partial charge in [-0.15, -0.1) is 0 Å². The van der Waals surface area contributed by atoms with E-state index in [0.29, 0.717) is 18.9 Å². The van der Waals surface area contributed by atoms with Crippen LogP contribution in [0, 0.1) is 11.8 Å². The van der Waals surface area contributed by atoms with Crippen molar-refractivity contribution in [2.45, 2.75) is 50.9 Å². The number of nitrogens with two attached hydrogens (primary N) is 1. The summed E-state index contributed by atoms with van der Waals surface area (Å²) in [6.07, 6.45) is 5.26. The molecule has 1 unspecified atom stereocenters. The topological polar surface area (TPSA) is 50.4 Å². The third-order valence-corrected chi connectivity index (χ3v) is 4.06. The maximum absolute atomic E-state index is 13.2. The number of hydrogen-bond donors (Lipinski definition) is 2. The lowest BCUT2D eigenvalue weighted by Gasteiger charge is -2.28. The van der Waals surface area contributed by atoms with Crippen molar-refractivity contribution in [3.63, 3.8) is 0 Å². The number of aliphatic imine (C=N–C) groups is 1. The van der Waals surface area contributed by atoms with Gasteiger partial charge in [0.25, 0.3) is 0 Å². The van der Waals surface area contributed by atoms with Crippen LogP contribution < -0.4 is 11.1 Å². The first-order valence-corrected chi connectivity index (χ1v) is 6.97. The highest BCUT2D eigenvalue weighted by molar-refractivity contribution is 5.77. The molecule has 2 saturated carbocycles. The molecule has 3 N–H and O–H groups in total. The Bertz CT molecular complexity index is 301. The van der Waals surface area contributed by atoms with Crippen LogP contribution in [-0.4, -0.2) is 25.0 Å². The van der Waals surface area contributed by atoms with Crippen molar-refractivity contribution < 1.29 is 8.78 Å². The maximum atomic E-state index is 13.2. The predicted molar refractivity (Wildman–Crippen MR) is 68.7 cm³/mol. The summed E-state index contributed by atoms with van der Waals surface area (Å²) in [4.78, 5) is 4.19. The van der Waals surface area contributed by atoms with Crippen LogP contribution in [0.25, 0.3) is 0 Å². The van der Waals surface area contributed by atoms with Crippen LogP contribution >= 0.6 is 0 Å². The van der Waals surface area contributed by atoms with Crippen LogP contribution in [-0.2, 0) is 0 Å². The fraction of sp³-hybridized carbons (Fsp3) is 0.923. The van der Waals surface area contributed by atoms with Gasteiger partial charge in [-0.2, -0.15) is 0 Å². The molecule has 0 aromatic heterocycles. The van der Waals surface area contributed by atoms with Gasteiger partial charge < -0.3 is 11.1 Å². The molecule has 2 fully saturated rings. The zero-order valence-corrected chi connectivity index (χ0v) is 10.8. The summed E-state index contributed by atoms with van der Waals surface area (Å²) in [5.74, 6) is -1.38. The molecule has 104 valence electrons. The fourth-order valence-corrected chi connectivity index (χ4v) is 2.66. The minimum absolute atomic E-state index is 0.0159. The summed E-state index contributed by atoms with van der Waals surface area (Å²) < 4.78 is 26.4. The van der Waals surface area contributed by atoms with Crippen LogP contribution in [0.1, 0.15) is 44.9 Å². The zero-order valence-electron chi connectivity index (χ0n) is 10.8. The molecule has 2 aliphatic rings. The summed E-state index contributed by atoms with van der Waals surface area (Å²) in [6, 6.07) is 0. The summed E-state index contributed by atoms with van der Waals surface area (Å²) in [7, 11) is 0. The average molecular weight is 259 g/mol. The van der Waals surface area contributed by atoms with Crippen molar-refractivity contribution in [3.8, 4) is 0 Å². The number of nitrogens with one attached hydrogen (secondary N) is 1. The van der Waals surface area contributed by atoms with Gasteiger partial charge in [-0.05, 0) is 37.5 Å². The highest BCUT2D eigenvalue weighted by Crippen LogP contribution is 2.36. The minimum Gasteiger partial charge on any atom is -0.370 e. The number of guanidine groups is 1. The van der Waals surface area contributed by atoms with Gasteiger partial charge in [0, 0.05) is 25.9 Å². The van der Waals surface area contributed by atoms with E-state index >= 15 is 0 Å². The summed E-state index contributed by atoms with van der Waals surface area (Å²) >= 11 is 0. The number of hydrogen-bond acceptors (Lipinski definition) is 1. The Kier molecular flexibility index (Phi) is 4.40. The van der Waals surface area contributed by atoms with Gasteiger partial charge in [0.05, 0.1) is 0 Å². The number of nitrogens with zero attached hydrogens (tertiary/aromatic N) is 1. The number of alkyl halides is 2. The van der Waals surface area contributed by atoms with E-state index < -0.39 is 5.92 Å². The normalized spacial score (nSPS) is 28.8. The highest BCUT2D eigenvalue weighted by Gasteiger charge is 2.35. The van der Waals surface area contributed by atoms with Crippen molar-refractivity contribution in [1.82, 2.24) is 5.32 Å². The van der Waals surface area contributed by atoms with Crippen molar-refractivity contribution in [2.75, 3.05) is 13.1 Å². The fourth-order valence-electron chi connectivity index (χ4n) is 2.66. The maximum Gasteiger partial charge on any atom is 0.248 e. The van der Waals surface area contributed by atoms with Crippen molar-refractivity contribution in [2.24, 2.45) is 22.6 Å². The molecule has 5 heteroatoms. The Morgan fingerprint density at radius 3 is 2.56 bits per heavy atom. The van der Waals surface area contributed by atoms with Crippen molar-refractivity contribution >= 4 is 5.96 Å². The SMILES string of the molecule is NC(=NCC1CCCC(F)(F)C1)NCC1CCC1. The highest BCUT2D eigenvalue weighted by atomic mass is 19.3. The summed E-state index contributed by atoms with van der Waals surface area (Å²) in [5, 5.41) is 3.09. The third-order valence-electron chi connectivity index (χ3n) is 4.06. The molecule has 18 heavy (non-hydrogen) atoms. The quantitative estimate of drug-likeness (QED) is 0.602. The predicted octanol–water partition coefficient (Wildman–Crippen LogP) is 2.52. The Morgan fingerprint density at radius 1 is 1.22 bits per heavy atom. The van der Waals surface area contributed by atoms with Crippen molar-refractivity contribution in [1.29, 1.82) is 0 Å². The van der Waals surface area contributed by atoms with E-state index in [0.717, 1.165) is 18.9 Å². The minimum atomic E-state index is -2.49. The molecule has 0 bridgehead atoms. The van der Waals surface area contributed by atoms with E-state index in [4.69, 9.17) is 5.73 Å². The van der Waals surface area contributed by atoms with Gasteiger partial charge >= 0.3 is 0 Å². The second-order valence-electron chi connectivity index (χ2n) is 5.72. The molecule has 0 radical (unpaired) electrons. The molecule has 0 heterocycles. The number of halogens is 2. The molecular weight excluding hydrogens is 236 g/mol. The lowest BCUT2D eigenvalue weighted by atomic mass is 9.85. The standard InChI is InChI=1S/C13H23F2N3/c14-13(15)6-2-5-11(7-13)9-18-12(16)17-8-10-3-1-4-10/h10-11H,1-9H2,(H3,16,17,18). The van der Waals surface area contributed by atoms with Crippen molar-refractivity contribution in [3.05, 3.63) is 0 Å². The van der Waals surface area contributed by atoms with Gasteiger partial charge in [-0.25, -0.2) is 8.78 Å². The van der Waals surface area contributed by atoms with Crippen LogP contribution in [0.15, 0.2) is 4.99 Å². The summed E-state index contributed by atoms with van der Waals surface area (Å²) in [6.45, 7) is 1.30. The first kappa shape index (κ1) is 13.6. The van der Waals surface area contributed by atoms with E-state index in [1.807, 2.05) is 0 Å². The van der Waals surface area contributed by atoms with Gasteiger partial charge in [-0.1, -0.05) is 6.42 Å². The monoisotopic (exact) mass is 259 g/mol. The molecule has 0 aromatic rings. The molecule has 0 aromatic carbocycles. The van der Waals surface area contributed by atoms with Gasteiger partial charge in [0.1, 0.15) is 0 Å². The van der Waals surface area contributed by atoms with Crippen LogP contribution in [0.5, 0.6) is 0 Å². The lowest BCUT2D eigenvalue weighted by molar-refractivity contribution is -0.0508. The lowest BCUT2D eigenvalue weighted by Crippen LogP contribution is -2.38. The van der Waals surface area contributed by atoms with E-state index in [1.165, 1.54) is 19.3 Å². The largest absolute Gasteiger partial charge is 0.370 e. The molecule has 2 aliphatic carbocycles. The molecule has 3 nitrogen and oxygen atoms in total. The molecule has 0 aliphatic heterocycles. The van der Waals surface area contributed by atoms with Gasteiger partial charge in [0.15, 0.2) is 5.96 Å². The van der Waals surface area contributed by atoms with E-state index in [1.54, 1.807) is 0 Å². The van der Waals surface area contributed by atoms with E-state index in [9.17, 15) is 8.78 Å². The zero-order chi connectivity index (χ0) is 13.0. The molecule has 2 rings (SSSR count). The first-order chi connectivity index (χ1) is 8.55. The molecule has 1 atom stereocenters. The van der Waals surface area contributed by atoms with E-state index in [-0.39, 0.29) is 18.8 Å². The second kappa shape index (κ2) is 5.85. The Hall–Kier alpha value is -0.870. The average Bonchev–Trinajstić information content (AvgIpc) is 2.23. The third kappa shape index (κ3) is 4.10. The Morgan fingerprint density at radius 2 is 1.94 bits per heavy atom. The summed E-state index contributed by atoms with van der Waals surface area (Å²) in [5.41, 5.74) is 5.74. The van der Waals surface area contributed by atoms with Gasteiger partial charge in [-0.3, -0.25) is 4.99 Å². The smallest absolute Gasteiger partial charge is 0.248 e. The Balaban J connectivity index is 1.68. The first-order valence-electron chi connectivity index (χ1n) is 6.97. The molecular formula is C13H23F2N3. The van der Waals surface area contributed by atoms with Crippen LogP contribution in [0.2, 0.25) is 0 Å². The molecule has 0 amide bonds. The van der Waals surface area contributed by atoms with Crippen LogP contribution in [0.3, 0.4) is 0 Å². The van der Waals surface area contributed by atoms with Gasteiger partial charge in [0.2, 0.25) is 5.92 Å². The van der Waals surface area contributed by atoms with Crippen LogP contribution in [0.4, 0.5) is 8.78 Å². The number of rotatable bonds is 4.